The van der Waals surface area contributed by atoms with Gasteiger partial charge in [0.05, 0.1) is 11.1 Å². The predicted octanol–water partition coefficient (Wildman–Crippen LogP) is 3.50. The first-order valence-corrected chi connectivity index (χ1v) is 7.58. The van der Waals surface area contributed by atoms with E-state index in [1.807, 2.05) is 42.5 Å². The molecule has 0 aliphatic heterocycles. The minimum atomic E-state index is -0.102. The summed E-state index contributed by atoms with van der Waals surface area (Å²) < 4.78 is 0. The van der Waals surface area contributed by atoms with E-state index >= 15 is 0 Å². The lowest BCUT2D eigenvalue weighted by Gasteiger charge is -2.07. The lowest BCUT2D eigenvalue weighted by Crippen LogP contribution is -2.25. The molecular formula is C18H16N2OS. The number of hydrogen-bond donors (Lipinski definition) is 2. The quantitative estimate of drug-likeness (QED) is 0.724. The molecule has 110 valence electrons. The Labute approximate surface area is 134 Å². The van der Waals surface area contributed by atoms with Gasteiger partial charge in [-0.15, -0.1) is 12.6 Å². The molecule has 0 aliphatic rings. The number of fused-ring (bicyclic) bond motifs is 1. The van der Waals surface area contributed by atoms with Crippen molar-refractivity contribution in [3.05, 3.63) is 71.9 Å². The lowest BCUT2D eigenvalue weighted by atomic mass is 10.1. The Morgan fingerprint density at radius 3 is 2.73 bits per heavy atom. The number of pyridine rings is 1. The lowest BCUT2D eigenvalue weighted by molar-refractivity contribution is 0.0954. The van der Waals surface area contributed by atoms with Crippen LogP contribution in [0.15, 0.2) is 65.7 Å². The monoisotopic (exact) mass is 308 g/mol. The van der Waals surface area contributed by atoms with E-state index in [1.54, 1.807) is 6.20 Å². The molecule has 0 saturated heterocycles. The van der Waals surface area contributed by atoms with E-state index < -0.39 is 0 Å². The molecule has 0 spiro atoms. The first kappa shape index (κ1) is 14.6. The molecule has 3 rings (SSSR count). The van der Waals surface area contributed by atoms with E-state index in [0.717, 1.165) is 22.2 Å². The summed E-state index contributed by atoms with van der Waals surface area (Å²) in [7, 11) is 0. The highest BCUT2D eigenvalue weighted by atomic mass is 32.1. The molecule has 0 radical (unpaired) electrons. The van der Waals surface area contributed by atoms with Gasteiger partial charge in [-0.3, -0.25) is 9.78 Å². The van der Waals surface area contributed by atoms with Crippen LogP contribution in [0.25, 0.3) is 10.9 Å². The molecule has 1 N–H and O–H groups in total. The van der Waals surface area contributed by atoms with E-state index in [9.17, 15) is 4.79 Å². The van der Waals surface area contributed by atoms with Crippen molar-refractivity contribution in [3.63, 3.8) is 0 Å². The van der Waals surface area contributed by atoms with Gasteiger partial charge in [-0.05, 0) is 24.1 Å². The molecule has 1 amide bonds. The zero-order valence-electron chi connectivity index (χ0n) is 12.0. The number of nitrogens with zero attached hydrogens (tertiary/aromatic N) is 1. The van der Waals surface area contributed by atoms with Crippen molar-refractivity contribution >= 4 is 29.4 Å². The summed E-state index contributed by atoms with van der Waals surface area (Å²) >= 11 is 4.37. The predicted molar refractivity (Wildman–Crippen MR) is 91.5 cm³/mol. The zero-order valence-corrected chi connectivity index (χ0v) is 12.9. The van der Waals surface area contributed by atoms with Gasteiger partial charge in [0.15, 0.2) is 0 Å². The highest BCUT2D eigenvalue weighted by molar-refractivity contribution is 7.80. The van der Waals surface area contributed by atoms with Gasteiger partial charge in [0.1, 0.15) is 0 Å². The summed E-state index contributed by atoms with van der Waals surface area (Å²) in [5.74, 6) is -0.102. The van der Waals surface area contributed by atoms with Gasteiger partial charge < -0.3 is 5.32 Å². The van der Waals surface area contributed by atoms with Gasteiger partial charge in [0, 0.05) is 23.0 Å². The Morgan fingerprint density at radius 1 is 1.09 bits per heavy atom. The van der Waals surface area contributed by atoms with Crippen LogP contribution in [-0.4, -0.2) is 17.4 Å². The maximum Gasteiger partial charge on any atom is 0.252 e. The van der Waals surface area contributed by atoms with Gasteiger partial charge >= 0.3 is 0 Å². The number of amides is 1. The van der Waals surface area contributed by atoms with Crippen molar-refractivity contribution in [2.75, 3.05) is 6.54 Å². The van der Waals surface area contributed by atoms with Gasteiger partial charge in [-0.1, -0.05) is 42.5 Å². The molecule has 1 aromatic heterocycles. The van der Waals surface area contributed by atoms with Gasteiger partial charge in [-0.2, -0.15) is 0 Å². The van der Waals surface area contributed by atoms with Crippen LogP contribution in [-0.2, 0) is 6.42 Å². The molecule has 0 unspecified atom stereocenters. The van der Waals surface area contributed by atoms with Crippen molar-refractivity contribution < 1.29 is 4.79 Å². The van der Waals surface area contributed by atoms with Crippen LogP contribution >= 0.6 is 12.6 Å². The molecule has 3 nitrogen and oxygen atoms in total. The topological polar surface area (TPSA) is 42.0 Å². The standard InChI is InChI=1S/C18H16N2OS/c21-18(19-10-9-13-5-2-1-3-6-13)15-11-14-7-4-8-16(22)17(14)20-12-15/h1-8,11-12,22H,9-10H2,(H,19,21). The normalized spacial score (nSPS) is 10.6. The fourth-order valence-electron chi connectivity index (χ4n) is 2.34. The molecule has 0 fully saturated rings. The minimum absolute atomic E-state index is 0.102. The first-order valence-electron chi connectivity index (χ1n) is 7.14. The molecule has 0 aliphatic carbocycles. The summed E-state index contributed by atoms with van der Waals surface area (Å²) in [6.07, 6.45) is 2.41. The number of carbonyl (C=O) groups is 1. The molecule has 2 aromatic carbocycles. The van der Waals surface area contributed by atoms with Crippen molar-refractivity contribution in [2.24, 2.45) is 0 Å². The number of thiol groups is 1. The Hall–Kier alpha value is -2.33. The number of rotatable bonds is 4. The van der Waals surface area contributed by atoms with Gasteiger partial charge in [0.25, 0.3) is 5.91 Å². The second-order valence-electron chi connectivity index (χ2n) is 5.06. The van der Waals surface area contributed by atoms with Crippen molar-refractivity contribution in [3.8, 4) is 0 Å². The fourth-order valence-corrected chi connectivity index (χ4v) is 2.61. The number of para-hydroxylation sites is 1. The number of carbonyl (C=O) groups excluding carboxylic acids is 1. The number of benzene rings is 2. The Kier molecular flexibility index (Phi) is 4.39. The molecule has 0 saturated carbocycles. The summed E-state index contributed by atoms with van der Waals surface area (Å²) in [5, 5.41) is 3.85. The maximum absolute atomic E-state index is 12.2. The number of nitrogens with one attached hydrogen (secondary N) is 1. The summed E-state index contributed by atoms with van der Waals surface area (Å²) in [6.45, 7) is 0.605. The molecule has 3 aromatic rings. The SMILES string of the molecule is O=C(NCCc1ccccc1)c1cnc2c(S)cccc2c1. The third-order valence-electron chi connectivity index (χ3n) is 3.49. The van der Waals surface area contributed by atoms with Crippen LogP contribution in [0.5, 0.6) is 0 Å². The van der Waals surface area contributed by atoms with Crippen LogP contribution in [0, 0.1) is 0 Å². The van der Waals surface area contributed by atoms with E-state index in [-0.39, 0.29) is 5.91 Å². The van der Waals surface area contributed by atoms with Crippen LogP contribution in [0.4, 0.5) is 0 Å². The largest absolute Gasteiger partial charge is 0.352 e. The number of hydrogen-bond acceptors (Lipinski definition) is 3. The average Bonchev–Trinajstić information content (AvgIpc) is 2.55. The third kappa shape index (κ3) is 3.28. The average molecular weight is 308 g/mol. The molecule has 0 atom stereocenters. The second kappa shape index (κ2) is 6.62. The third-order valence-corrected chi connectivity index (χ3v) is 3.85. The molecule has 4 heteroatoms. The van der Waals surface area contributed by atoms with Crippen LogP contribution in [0.3, 0.4) is 0 Å². The highest BCUT2D eigenvalue weighted by Gasteiger charge is 2.07. The van der Waals surface area contributed by atoms with E-state index in [1.165, 1.54) is 5.56 Å². The van der Waals surface area contributed by atoms with Crippen LogP contribution in [0.1, 0.15) is 15.9 Å². The first-order chi connectivity index (χ1) is 10.7. The Balaban J connectivity index is 1.67. The van der Waals surface area contributed by atoms with Crippen molar-refractivity contribution in [2.45, 2.75) is 11.3 Å². The van der Waals surface area contributed by atoms with Crippen molar-refractivity contribution in [1.29, 1.82) is 0 Å². The van der Waals surface area contributed by atoms with Gasteiger partial charge in [-0.25, -0.2) is 0 Å². The minimum Gasteiger partial charge on any atom is -0.352 e. The Bertz CT molecular complexity index is 803. The molecule has 0 bridgehead atoms. The van der Waals surface area contributed by atoms with E-state index in [4.69, 9.17) is 0 Å². The summed E-state index contributed by atoms with van der Waals surface area (Å²) in [4.78, 5) is 17.3. The summed E-state index contributed by atoms with van der Waals surface area (Å²) in [5.41, 5.74) is 2.59. The highest BCUT2D eigenvalue weighted by Crippen LogP contribution is 2.20. The smallest absolute Gasteiger partial charge is 0.252 e. The Morgan fingerprint density at radius 2 is 1.91 bits per heavy atom. The zero-order chi connectivity index (χ0) is 15.4. The molecular weight excluding hydrogens is 292 g/mol. The van der Waals surface area contributed by atoms with E-state index in [0.29, 0.717) is 12.1 Å². The van der Waals surface area contributed by atoms with Crippen LogP contribution in [0.2, 0.25) is 0 Å². The number of aromatic nitrogens is 1. The molecule has 1 heterocycles. The van der Waals surface area contributed by atoms with Gasteiger partial charge in [0.2, 0.25) is 0 Å². The van der Waals surface area contributed by atoms with Crippen molar-refractivity contribution in [1.82, 2.24) is 10.3 Å². The van der Waals surface area contributed by atoms with E-state index in [2.05, 4.69) is 35.1 Å². The van der Waals surface area contributed by atoms with Crippen LogP contribution < -0.4 is 5.32 Å². The maximum atomic E-state index is 12.2. The molecule has 22 heavy (non-hydrogen) atoms. The second-order valence-corrected chi connectivity index (χ2v) is 5.55. The fraction of sp³-hybridized carbons (Fsp3) is 0.111. The summed E-state index contributed by atoms with van der Waals surface area (Å²) in [6, 6.07) is 17.7.